The van der Waals surface area contributed by atoms with Crippen LogP contribution in [0.25, 0.3) is 11.1 Å². The molecule has 1 saturated heterocycles. The second-order valence-corrected chi connectivity index (χ2v) is 6.00. The van der Waals surface area contributed by atoms with Gasteiger partial charge >= 0.3 is 6.09 Å². The number of amides is 2. The van der Waals surface area contributed by atoms with Crippen molar-refractivity contribution in [3.8, 4) is 5.75 Å². The summed E-state index contributed by atoms with van der Waals surface area (Å²) in [7, 11) is 0. The lowest BCUT2D eigenvalue weighted by Crippen LogP contribution is -2.51. The van der Waals surface area contributed by atoms with Crippen molar-refractivity contribution in [2.45, 2.75) is 0 Å². The number of aromatic nitrogens is 1. The Morgan fingerprint density at radius 3 is 2.46 bits per heavy atom. The van der Waals surface area contributed by atoms with Crippen molar-refractivity contribution in [3.63, 3.8) is 0 Å². The Morgan fingerprint density at radius 1 is 0.962 bits per heavy atom. The summed E-state index contributed by atoms with van der Waals surface area (Å²) in [5.41, 5.74) is 1.86. The summed E-state index contributed by atoms with van der Waals surface area (Å²) in [6, 6.07) is 14.1. The summed E-state index contributed by atoms with van der Waals surface area (Å²) < 4.78 is 10.5. The lowest BCUT2D eigenvalue weighted by Gasteiger charge is -2.34. The molecule has 26 heavy (non-hydrogen) atoms. The third-order valence-electron chi connectivity index (χ3n) is 4.35. The SMILES string of the molecule is O=C(Oc1ccccc1)N1CCN(C(=O)c2ccc3ocnc3c2)CC1. The summed E-state index contributed by atoms with van der Waals surface area (Å²) in [4.78, 5) is 32.3. The van der Waals surface area contributed by atoms with E-state index in [-0.39, 0.29) is 5.91 Å². The number of nitrogens with zero attached hydrogens (tertiary/aromatic N) is 3. The topological polar surface area (TPSA) is 75.9 Å². The minimum atomic E-state index is -0.396. The first-order valence-electron chi connectivity index (χ1n) is 8.35. The van der Waals surface area contributed by atoms with E-state index in [9.17, 15) is 9.59 Å². The Labute approximate surface area is 149 Å². The Bertz CT molecular complexity index is 930. The molecule has 0 bridgehead atoms. The molecule has 0 N–H and O–H groups in total. The van der Waals surface area contributed by atoms with Gasteiger partial charge in [-0.25, -0.2) is 9.78 Å². The number of piperazine rings is 1. The number of carbonyl (C=O) groups excluding carboxylic acids is 2. The van der Waals surface area contributed by atoms with Gasteiger partial charge in [-0.3, -0.25) is 4.79 Å². The highest BCUT2D eigenvalue weighted by atomic mass is 16.6. The van der Waals surface area contributed by atoms with Crippen LogP contribution < -0.4 is 4.74 Å². The van der Waals surface area contributed by atoms with Gasteiger partial charge in [0.25, 0.3) is 5.91 Å². The van der Waals surface area contributed by atoms with Crippen molar-refractivity contribution in [2.75, 3.05) is 26.2 Å². The van der Waals surface area contributed by atoms with E-state index in [0.717, 1.165) is 0 Å². The first kappa shape index (κ1) is 16.1. The lowest BCUT2D eigenvalue weighted by atomic mass is 10.1. The summed E-state index contributed by atoms with van der Waals surface area (Å²) in [5, 5.41) is 0. The number of hydrogen-bond donors (Lipinski definition) is 0. The zero-order valence-electron chi connectivity index (χ0n) is 14.0. The normalized spacial score (nSPS) is 14.5. The molecule has 4 rings (SSSR count). The van der Waals surface area contributed by atoms with E-state index in [0.29, 0.717) is 48.6 Å². The van der Waals surface area contributed by atoms with Crippen LogP contribution in [-0.2, 0) is 0 Å². The van der Waals surface area contributed by atoms with E-state index in [1.165, 1.54) is 6.39 Å². The standard InChI is InChI=1S/C19H17N3O4/c23-18(14-6-7-17-16(12-14)20-13-25-17)21-8-10-22(11-9-21)19(24)26-15-4-2-1-3-5-15/h1-7,12-13H,8-11H2. The van der Waals surface area contributed by atoms with Gasteiger partial charge in [0.1, 0.15) is 11.3 Å². The first-order chi connectivity index (χ1) is 12.7. The third-order valence-corrected chi connectivity index (χ3v) is 4.35. The van der Waals surface area contributed by atoms with E-state index >= 15 is 0 Å². The van der Waals surface area contributed by atoms with Crippen LogP contribution >= 0.6 is 0 Å². The van der Waals surface area contributed by atoms with E-state index in [1.54, 1.807) is 40.1 Å². The monoisotopic (exact) mass is 351 g/mol. The second kappa shape index (κ2) is 6.87. The lowest BCUT2D eigenvalue weighted by molar-refractivity contribution is 0.0633. The molecule has 0 spiro atoms. The molecule has 3 aromatic rings. The van der Waals surface area contributed by atoms with Crippen LogP contribution in [0.4, 0.5) is 4.79 Å². The maximum atomic E-state index is 12.7. The molecule has 0 atom stereocenters. The molecule has 1 aliphatic rings. The van der Waals surface area contributed by atoms with Gasteiger partial charge in [-0.05, 0) is 30.3 Å². The predicted molar refractivity (Wildman–Crippen MR) is 94.0 cm³/mol. The number of ether oxygens (including phenoxy) is 1. The van der Waals surface area contributed by atoms with Gasteiger partial charge in [0.05, 0.1) is 0 Å². The van der Waals surface area contributed by atoms with Crippen molar-refractivity contribution >= 4 is 23.1 Å². The van der Waals surface area contributed by atoms with Crippen LogP contribution in [0.5, 0.6) is 5.75 Å². The predicted octanol–water partition coefficient (Wildman–Crippen LogP) is 2.78. The molecule has 7 nitrogen and oxygen atoms in total. The second-order valence-electron chi connectivity index (χ2n) is 6.00. The molecular weight excluding hydrogens is 334 g/mol. The maximum Gasteiger partial charge on any atom is 0.415 e. The number of benzene rings is 2. The van der Waals surface area contributed by atoms with Crippen molar-refractivity contribution < 1.29 is 18.7 Å². The number of para-hydroxylation sites is 1. The van der Waals surface area contributed by atoms with Gasteiger partial charge in [-0.15, -0.1) is 0 Å². The first-order valence-corrected chi connectivity index (χ1v) is 8.35. The van der Waals surface area contributed by atoms with Crippen molar-refractivity contribution in [1.82, 2.24) is 14.8 Å². The molecule has 2 amide bonds. The summed E-state index contributed by atoms with van der Waals surface area (Å²) in [6.07, 6.45) is 0.961. The smallest absolute Gasteiger partial charge is 0.415 e. The fourth-order valence-electron chi connectivity index (χ4n) is 2.92. The molecule has 0 aliphatic carbocycles. The van der Waals surface area contributed by atoms with E-state index in [4.69, 9.17) is 9.15 Å². The van der Waals surface area contributed by atoms with Gasteiger partial charge < -0.3 is 19.0 Å². The molecule has 0 saturated carbocycles. The molecule has 0 unspecified atom stereocenters. The van der Waals surface area contributed by atoms with Crippen LogP contribution in [0, 0.1) is 0 Å². The van der Waals surface area contributed by atoms with Crippen LogP contribution in [0.2, 0.25) is 0 Å². The molecule has 132 valence electrons. The molecule has 2 heterocycles. The highest BCUT2D eigenvalue weighted by molar-refractivity contribution is 5.97. The van der Waals surface area contributed by atoms with Gasteiger partial charge in [-0.2, -0.15) is 0 Å². The summed E-state index contributed by atoms with van der Waals surface area (Å²) in [6.45, 7) is 1.78. The minimum absolute atomic E-state index is 0.0778. The highest BCUT2D eigenvalue weighted by Crippen LogP contribution is 2.17. The van der Waals surface area contributed by atoms with Gasteiger partial charge in [0.15, 0.2) is 12.0 Å². The third kappa shape index (κ3) is 3.23. The number of oxazole rings is 1. The molecule has 7 heteroatoms. The highest BCUT2D eigenvalue weighted by Gasteiger charge is 2.26. The number of carbonyl (C=O) groups is 2. The van der Waals surface area contributed by atoms with Crippen molar-refractivity contribution in [3.05, 3.63) is 60.5 Å². The average molecular weight is 351 g/mol. The maximum absolute atomic E-state index is 12.7. The Kier molecular flexibility index (Phi) is 4.27. The molecule has 1 fully saturated rings. The fourth-order valence-corrected chi connectivity index (χ4v) is 2.92. The summed E-state index contributed by atoms with van der Waals surface area (Å²) in [5.74, 6) is 0.433. The van der Waals surface area contributed by atoms with E-state index in [1.807, 2.05) is 18.2 Å². The molecular formula is C19H17N3O4. The molecule has 1 aromatic heterocycles. The zero-order valence-corrected chi connectivity index (χ0v) is 14.0. The van der Waals surface area contributed by atoms with Crippen molar-refractivity contribution in [2.24, 2.45) is 0 Å². The Balaban J connectivity index is 1.36. The van der Waals surface area contributed by atoms with Crippen LogP contribution in [0.15, 0.2) is 59.3 Å². The number of hydrogen-bond acceptors (Lipinski definition) is 5. The molecule has 1 aliphatic heterocycles. The molecule has 0 radical (unpaired) electrons. The molecule has 2 aromatic carbocycles. The Hall–Kier alpha value is -3.35. The van der Waals surface area contributed by atoms with Crippen LogP contribution in [-0.4, -0.2) is 53.0 Å². The number of fused-ring (bicyclic) bond motifs is 1. The summed E-state index contributed by atoms with van der Waals surface area (Å²) >= 11 is 0. The quantitative estimate of drug-likeness (QED) is 0.710. The van der Waals surface area contributed by atoms with Crippen molar-refractivity contribution in [1.29, 1.82) is 0 Å². The van der Waals surface area contributed by atoms with Crippen LogP contribution in [0.1, 0.15) is 10.4 Å². The average Bonchev–Trinajstić information content (AvgIpc) is 3.16. The van der Waals surface area contributed by atoms with E-state index in [2.05, 4.69) is 4.98 Å². The van der Waals surface area contributed by atoms with E-state index < -0.39 is 6.09 Å². The fraction of sp³-hybridized carbons (Fsp3) is 0.211. The Morgan fingerprint density at radius 2 is 1.69 bits per heavy atom. The van der Waals surface area contributed by atoms with Gasteiger partial charge in [-0.1, -0.05) is 18.2 Å². The van der Waals surface area contributed by atoms with Gasteiger partial charge in [0, 0.05) is 31.7 Å². The minimum Gasteiger partial charge on any atom is -0.443 e. The zero-order chi connectivity index (χ0) is 17.9. The number of rotatable bonds is 2. The van der Waals surface area contributed by atoms with Gasteiger partial charge in [0.2, 0.25) is 0 Å². The van der Waals surface area contributed by atoms with Crippen LogP contribution in [0.3, 0.4) is 0 Å². The largest absolute Gasteiger partial charge is 0.443 e.